The van der Waals surface area contributed by atoms with Gasteiger partial charge < -0.3 is 24.6 Å². The second kappa shape index (κ2) is 11.4. The fourth-order valence-corrected chi connectivity index (χ4v) is 3.82. The monoisotopic (exact) mass is 542 g/mol. The Labute approximate surface area is 223 Å². The summed E-state index contributed by atoms with van der Waals surface area (Å²) in [6.07, 6.45) is 3.19. The molecule has 39 heavy (non-hydrogen) atoms. The maximum atomic E-state index is 15.2. The lowest BCUT2D eigenvalue weighted by atomic mass is 9.92. The maximum absolute atomic E-state index is 15.2. The Morgan fingerprint density at radius 3 is 2.51 bits per heavy atom. The lowest BCUT2D eigenvalue weighted by Crippen LogP contribution is -2.41. The lowest BCUT2D eigenvalue weighted by molar-refractivity contribution is -0.170. The molecule has 4 aromatic rings. The van der Waals surface area contributed by atoms with E-state index < -0.39 is 22.9 Å². The number of hydrogen-bond acceptors (Lipinski definition) is 8. The van der Waals surface area contributed by atoms with Crippen LogP contribution in [0.4, 0.5) is 19.0 Å². The van der Waals surface area contributed by atoms with Gasteiger partial charge in [-0.05, 0) is 45.0 Å². The van der Waals surface area contributed by atoms with E-state index in [1.807, 2.05) is 0 Å². The van der Waals surface area contributed by atoms with Crippen molar-refractivity contribution >= 4 is 16.7 Å². The predicted molar refractivity (Wildman–Crippen MR) is 140 cm³/mol. The Morgan fingerprint density at radius 2 is 1.82 bits per heavy atom. The van der Waals surface area contributed by atoms with Gasteiger partial charge >= 0.3 is 5.92 Å². The highest BCUT2D eigenvalue weighted by atomic mass is 19.3. The quantitative estimate of drug-likeness (QED) is 0.231. The third-order valence-electron chi connectivity index (χ3n) is 5.91. The molecule has 2 aromatic carbocycles. The minimum Gasteiger partial charge on any atom is -0.487 e. The van der Waals surface area contributed by atoms with Gasteiger partial charge in [0.1, 0.15) is 35.4 Å². The molecule has 206 valence electrons. The fraction of sp³-hybridized carbons (Fsp3) is 0.321. The van der Waals surface area contributed by atoms with Crippen molar-refractivity contribution < 1.29 is 32.5 Å². The van der Waals surface area contributed by atoms with E-state index in [2.05, 4.69) is 20.3 Å². The standard InChI is InChI=1S/C28H29F3N4O4/c1-17-34-22-14-24(39-19-8-6-10-32-16-19)23(38-12-11-37-4)13-20(22)26(35-17)33-15-18-7-5-9-21(25(18)29)28(30,31)27(2,3)36/h5-10,13-14,16,36H,11-12,15H2,1-4H3,(H,33,34,35). The number of ether oxygens (including phenoxy) is 3. The Balaban J connectivity index is 1.70. The Hall–Kier alpha value is -3.96. The smallest absolute Gasteiger partial charge is 0.303 e. The van der Waals surface area contributed by atoms with Crippen LogP contribution in [-0.4, -0.2) is 46.0 Å². The summed E-state index contributed by atoms with van der Waals surface area (Å²) in [4.78, 5) is 13.0. The van der Waals surface area contributed by atoms with Crippen molar-refractivity contribution in [2.24, 2.45) is 0 Å². The van der Waals surface area contributed by atoms with Gasteiger partial charge in [0, 0.05) is 36.9 Å². The first-order valence-electron chi connectivity index (χ1n) is 12.1. The third-order valence-corrected chi connectivity index (χ3v) is 5.91. The van der Waals surface area contributed by atoms with Crippen LogP contribution in [0.5, 0.6) is 17.2 Å². The molecule has 8 nitrogen and oxygen atoms in total. The van der Waals surface area contributed by atoms with E-state index in [-0.39, 0.29) is 18.7 Å². The number of benzene rings is 2. The molecule has 0 unspecified atom stereocenters. The molecule has 0 radical (unpaired) electrons. The van der Waals surface area contributed by atoms with Crippen molar-refractivity contribution in [3.63, 3.8) is 0 Å². The van der Waals surface area contributed by atoms with Gasteiger partial charge in [0.2, 0.25) is 0 Å². The molecule has 0 atom stereocenters. The topological polar surface area (TPSA) is 98.6 Å². The van der Waals surface area contributed by atoms with Crippen molar-refractivity contribution in [2.75, 3.05) is 25.6 Å². The van der Waals surface area contributed by atoms with Crippen molar-refractivity contribution in [2.45, 2.75) is 38.8 Å². The zero-order valence-corrected chi connectivity index (χ0v) is 22.0. The number of rotatable bonds is 11. The second-order valence-electron chi connectivity index (χ2n) is 9.33. The summed E-state index contributed by atoms with van der Waals surface area (Å²) in [6.45, 7) is 4.00. The normalized spacial score (nSPS) is 12.0. The van der Waals surface area contributed by atoms with Crippen LogP contribution in [0.2, 0.25) is 0 Å². The molecular weight excluding hydrogens is 513 g/mol. The van der Waals surface area contributed by atoms with Crippen LogP contribution in [-0.2, 0) is 17.2 Å². The summed E-state index contributed by atoms with van der Waals surface area (Å²) in [7, 11) is 1.56. The SMILES string of the molecule is COCCOc1cc2c(NCc3cccc(C(F)(F)C(C)(C)O)c3F)nc(C)nc2cc1Oc1cccnc1. The van der Waals surface area contributed by atoms with Crippen molar-refractivity contribution in [1.29, 1.82) is 0 Å². The van der Waals surface area contributed by atoms with Crippen molar-refractivity contribution in [1.82, 2.24) is 15.0 Å². The molecule has 0 amide bonds. The number of pyridine rings is 1. The van der Waals surface area contributed by atoms with E-state index in [1.54, 1.807) is 50.7 Å². The number of fused-ring (bicyclic) bond motifs is 1. The largest absolute Gasteiger partial charge is 0.487 e. The summed E-state index contributed by atoms with van der Waals surface area (Å²) < 4.78 is 61.6. The van der Waals surface area contributed by atoms with E-state index in [0.29, 0.717) is 46.4 Å². The molecule has 0 fully saturated rings. The number of anilines is 1. The van der Waals surface area contributed by atoms with Crippen LogP contribution in [0.25, 0.3) is 10.9 Å². The number of halogens is 3. The molecule has 2 heterocycles. The van der Waals surface area contributed by atoms with E-state index in [9.17, 15) is 13.9 Å². The molecule has 2 aromatic heterocycles. The number of nitrogens with one attached hydrogen (secondary N) is 1. The molecule has 4 rings (SSSR count). The first-order chi connectivity index (χ1) is 18.5. The van der Waals surface area contributed by atoms with Gasteiger partial charge in [0.15, 0.2) is 11.5 Å². The molecular formula is C28H29F3N4O4. The molecule has 0 bridgehead atoms. The summed E-state index contributed by atoms with van der Waals surface area (Å²) in [6, 6.07) is 10.5. The van der Waals surface area contributed by atoms with Gasteiger partial charge in [-0.25, -0.2) is 14.4 Å². The van der Waals surface area contributed by atoms with Gasteiger partial charge in [-0.1, -0.05) is 12.1 Å². The summed E-state index contributed by atoms with van der Waals surface area (Å²) in [5.41, 5.74) is -2.84. The average Bonchev–Trinajstić information content (AvgIpc) is 2.88. The minimum atomic E-state index is -3.80. The number of alkyl halides is 2. The van der Waals surface area contributed by atoms with Crippen LogP contribution in [0.1, 0.15) is 30.8 Å². The summed E-state index contributed by atoms with van der Waals surface area (Å²) in [5, 5.41) is 13.5. The maximum Gasteiger partial charge on any atom is 0.303 e. The van der Waals surface area contributed by atoms with Gasteiger partial charge in [-0.3, -0.25) is 4.98 Å². The number of nitrogens with zero attached hydrogens (tertiary/aromatic N) is 3. The van der Waals surface area contributed by atoms with E-state index in [4.69, 9.17) is 14.2 Å². The van der Waals surface area contributed by atoms with Crippen LogP contribution < -0.4 is 14.8 Å². The van der Waals surface area contributed by atoms with Gasteiger partial charge in [-0.2, -0.15) is 8.78 Å². The molecule has 0 aliphatic heterocycles. The van der Waals surface area contributed by atoms with E-state index in [0.717, 1.165) is 19.9 Å². The molecule has 0 aliphatic rings. The molecule has 0 saturated heterocycles. The lowest BCUT2D eigenvalue weighted by Gasteiger charge is -2.30. The van der Waals surface area contributed by atoms with Crippen molar-refractivity contribution in [3.05, 3.63) is 77.6 Å². The predicted octanol–water partition coefficient (Wildman–Crippen LogP) is 5.76. The first kappa shape index (κ1) is 28.1. The van der Waals surface area contributed by atoms with Gasteiger partial charge in [0.05, 0.1) is 23.9 Å². The van der Waals surface area contributed by atoms with Crippen molar-refractivity contribution in [3.8, 4) is 17.2 Å². The number of aromatic nitrogens is 3. The highest BCUT2D eigenvalue weighted by Gasteiger charge is 2.49. The van der Waals surface area contributed by atoms with Crippen LogP contribution >= 0.6 is 0 Å². The molecule has 11 heteroatoms. The molecule has 0 saturated carbocycles. The Bertz CT molecular complexity index is 1450. The summed E-state index contributed by atoms with van der Waals surface area (Å²) in [5.74, 6) is -2.86. The zero-order chi connectivity index (χ0) is 28.2. The molecule has 0 aliphatic carbocycles. The van der Waals surface area contributed by atoms with E-state index in [1.165, 1.54) is 12.1 Å². The Morgan fingerprint density at radius 1 is 1.03 bits per heavy atom. The van der Waals surface area contributed by atoms with Crippen LogP contribution in [0.3, 0.4) is 0 Å². The summed E-state index contributed by atoms with van der Waals surface area (Å²) >= 11 is 0. The van der Waals surface area contributed by atoms with Gasteiger partial charge in [0.25, 0.3) is 0 Å². The highest BCUT2D eigenvalue weighted by Crippen LogP contribution is 2.41. The second-order valence-corrected chi connectivity index (χ2v) is 9.33. The fourth-order valence-electron chi connectivity index (χ4n) is 3.82. The minimum absolute atomic E-state index is 0.0195. The first-order valence-corrected chi connectivity index (χ1v) is 12.1. The highest BCUT2D eigenvalue weighted by molar-refractivity contribution is 5.92. The zero-order valence-electron chi connectivity index (χ0n) is 22.0. The number of methoxy groups -OCH3 is 1. The number of aryl methyl sites for hydroxylation is 1. The molecule has 0 spiro atoms. The van der Waals surface area contributed by atoms with E-state index >= 15 is 4.39 Å². The Kier molecular flexibility index (Phi) is 8.22. The van der Waals surface area contributed by atoms with Crippen LogP contribution in [0.15, 0.2) is 54.9 Å². The number of hydrogen-bond donors (Lipinski definition) is 2. The van der Waals surface area contributed by atoms with Crippen LogP contribution in [0, 0.1) is 12.7 Å². The van der Waals surface area contributed by atoms with Gasteiger partial charge in [-0.15, -0.1) is 0 Å². The third kappa shape index (κ3) is 6.21. The molecule has 2 N–H and O–H groups in total. The average molecular weight is 543 g/mol. The number of aliphatic hydroxyl groups is 1.